The summed E-state index contributed by atoms with van der Waals surface area (Å²) in [5.74, 6) is 1.30. The first kappa shape index (κ1) is 15.3. The van der Waals surface area contributed by atoms with Gasteiger partial charge in [-0.3, -0.25) is 4.79 Å². The van der Waals surface area contributed by atoms with Gasteiger partial charge in [-0.25, -0.2) is 4.98 Å². The summed E-state index contributed by atoms with van der Waals surface area (Å²) in [4.78, 5) is 21.6. The number of aryl methyl sites for hydroxylation is 3. The maximum absolute atomic E-state index is 12.8. The highest BCUT2D eigenvalue weighted by molar-refractivity contribution is 7.12. The molecular weight excluding hydrogens is 294 g/mol. The van der Waals surface area contributed by atoms with Crippen molar-refractivity contribution in [2.45, 2.75) is 46.1 Å². The molecule has 5 heteroatoms. The monoisotopic (exact) mass is 317 g/mol. The number of hydrogen-bond acceptors (Lipinski definition) is 3. The number of rotatable bonds is 3. The quantitative estimate of drug-likeness (QED) is 0.867. The maximum Gasteiger partial charge on any atom is 0.255 e. The zero-order valence-corrected chi connectivity index (χ0v) is 14.3. The van der Waals surface area contributed by atoms with Gasteiger partial charge in [-0.15, -0.1) is 11.3 Å². The van der Waals surface area contributed by atoms with Crippen molar-refractivity contribution in [1.82, 2.24) is 14.5 Å². The second-order valence-electron chi connectivity index (χ2n) is 5.98. The molecule has 0 bridgehead atoms. The van der Waals surface area contributed by atoms with Crippen LogP contribution in [0, 0.1) is 13.8 Å². The standard InChI is InChI=1S/C17H23N3OS/c1-4-16-18-7-9-20(16)14-6-5-8-19(11-14)17(21)15-10-12(2)22-13(15)3/h7,9-10,14H,4-6,8,11H2,1-3H3. The number of thiophene rings is 1. The van der Waals surface area contributed by atoms with E-state index in [0.717, 1.165) is 48.6 Å². The van der Waals surface area contributed by atoms with E-state index in [2.05, 4.69) is 29.6 Å². The van der Waals surface area contributed by atoms with Crippen LogP contribution in [-0.2, 0) is 6.42 Å². The molecule has 0 spiro atoms. The van der Waals surface area contributed by atoms with E-state index in [1.165, 1.54) is 4.88 Å². The number of carbonyl (C=O) groups excluding carboxylic acids is 1. The summed E-state index contributed by atoms with van der Waals surface area (Å²) in [5, 5.41) is 0. The Bertz CT molecular complexity index is 673. The van der Waals surface area contributed by atoms with Crippen molar-refractivity contribution in [3.63, 3.8) is 0 Å². The van der Waals surface area contributed by atoms with E-state index in [9.17, 15) is 4.79 Å². The van der Waals surface area contributed by atoms with Crippen LogP contribution in [0.25, 0.3) is 0 Å². The largest absolute Gasteiger partial charge is 0.337 e. The van der Waals surface area contributed by atoms with Crippen molar-refractivity contribution >= 4 is 17.2 Å². The first-order chi connectivity index (χ1) is 10.6. The Morgan fingerprint density at radius 1 is 1.45 bits per heavy atom. The number of aromatic nitrogens is 2. The molecular formula is C17H23N3OS. The fourth-order valence-corrected chi connectivity index (χ4v) is 4.25. The molecule has 2 aromatic heterocycles. The van der Waals surface area contributed by atoms with Gasteiger partial charge in [-0.05, 0) is 32.8 Å². The second kappa shape index (κ2) is 6.24. The summed E-state index contributed by atoms with van der Waals surface area (Å²) >= 11 is 1.70. The lowest BCUT2D eigenvalue weighted by molar-refractivity contribution is 0.0678. The number of amides is 1. The van der Waals surface area contributed by atoms with Gasteiger partial charge in [0.2, 0.25) is 0 Å². The first-order valence-electron chi connectivity index (χ1n) is 7.98. The molecule has 1 saturated heterocycles. The normalized spacial score (nSPS) is 18.7. The van der Waals surface area contributed by atoms with E-state index in [-0.39, 0.29) is 5.91 Å². The van der Waals surface area contributed by atoms with Gasteiger partial charge in [0.25, 0.3) is 5.91 Å². The van der Waals surface area contributed by atoms with Gasteiger partial charge in [0.05, 0.1) is 11.6 Å². The topological polar surface area (TPSA) is 38.1 Å². The Balaban J connectivity index is 1.78. The van der Waals surface area contributed by atoms with Gasteiger partial charge in [0, 0.05) is 41.7 Å². The molecule has 118 valence electrons. The molecule has 1 atom stereocenters. The molecule has 0 N–H and O–H groups in total. The second-order valence-corrected chi connectivity index (χ2v) is 7.44. The van der Waals surface area contributed by atoms with Crippen molar-refractivity contribution in [2.24, 2.45) is 0 Å². The van der Waals surface area contributed by atoms with Crippen LogP contribution >= 0.6 is 11.3 Å². The Morgan fingerprint density at radius 2 is 2.27 bits per heavy atom. The molecule has 0 saturated carbocycles. The Morgan fingerprint density at radius 3 is 2.95 bits per heavy atom. The third kappa shape index (κ3) is 2.82. The molecule has 3 heterocycles. The summed E-state index contributed by atoms with van der Waals surface area (Å²) in [5.41, 5.74) is 0.879. The van der Waals surface area contributed by atoms with Crippen molar-refractivity contribution in [1.29, 1.82) is 0 Å². The minimum absolute atomic E-state index is 0.185. The summed E-state index contributed by atoms with van der Waals surface area (Å²) < 4.78 is 2.26. The van der Waals surface area contributed by atoms with Gasteiger partial charge in [0.15, 0.2) is 0 Å². The van der Waals surface area contributed by atoms with Crippen molar-refractivity contribution in [3.8, 4) is 0 Å². The zero-order chi connectivity index (χ0) is 15.7. The van der Waals surface area contributed by atoms with Crippen LogP contribution in [-0.4, -0.2) is 33.4 Å². The summed E-state index contributed by atoms with van der Waals surface area (Å²) in [6.45, 7) is 7.88. The highest BCUT2D eigenvalue weighted by Gasteiger charge is 2.27. The molecule has 1 fully saturated rings. The number of imidazole rings is 1. The van der Waals surface area contributed by atoms with Gasteiger partial charge in [0.1, 0.15) is 5.82 Å². The summed E-state index contributed by atoms with van der Waals surface area (Å²) in [6.07, 6.45) is 7.03. The first-order valence-corrected chi connectivity index (χ1v) is 8.79. The van der Waals surface area contributed by atoms with E-state index < -0.39 is 0 Å². The van der Waals surface area contributed by atoms with Gasteiger partial charge in [-0.1, -0.05) is 6.92 Å². The maximum atomic E-state index is 12.8. The van der Waals surface area contributed by atoms with Crippen LogP contribution < -0.4 is 0 Å². The van der Waals surface area contributed by atoms with Crippen molar-refractivity contribution in [3.05, 3.63) is 39.6 Å². The van der Waals surface area contributed by atoms with Crippen molar-refractivity contribution < 1.29 is 4.79 Å². The number of piperidine rings is 1. The number of nitrogens with zero attached hydrogens (tertiary/aromatic N) is 3. The summed E-state index contributed by atoms with van der Waals surface area (Å²) in [7, 11) is 0. The van der Waals surface area contributed by atoms with E-state index in [1.54, 1.807) is 11.3 Å². The lowest BCUT2D eigenvalue weighted by Crippen LogP contribution is -2.41. The van der Waals surface area contributed by atoms with E-state index >= 15 is 0 Å². The number of likely N-dealkylation sites (tertiary alicyclic amines) is 1. The van der Waals surface area contributed by atoms with Gasteiger partial charge < -0.3 is 9.47 Å². The van der Waals surface area contributed by atoms with Crippen LogP contribution in [0.1, 0.15) is 51.7 Å². The average Bonchev–Trinajstić information content (AvgIpc) is 3.12. The minimum Gasteiger partial charge on any atom is -0.337 e. The molecule has 1 aliphatic rings. The predicted octanol–water partition coefficient (Wildman–Crippen LogP) is 3.60. The van der Waals surface area contributed by atoms with Crippen LogP contribution in [0.2, 0.25) is 0 Å². The predicted molar refractivity (Wildman–Crippen MR) is 89.6 cm³/mol. The molecule has 4 nitrogen and oxygen atoms in total. The molecule has 3 rings (SSSR count). The Hall–Kier alpha value is -1.62. The minimum atomic E-state index is 0.185. The van der Waals surface area contributed by atoms with E-state index in [0.29, 0.717) is 6.04 Å². The Kier molecular flexibility index (Phi) is 4.34. The molecule has 0 aromatic carbocycles. The molecule has 1 amide bonds. The van der Waals surface area contributed by atoms with Crippen LogP contribution in [0.3, 0.4) is 0 Å². The van der Waals surface area contributed by atoms with Crippen LogP contribution in [0.15, 0.2) is 18.5 Å². The molecule has 0 aliphatic carbocycles. The highest BCUT2D eigenvalue weighted by Crippen LogP contribution is 2.27. The average molecular weight is 317 g/mol. The molecule has 1 aliphatic heterocycles. The lowest BCUT2D eigenvalue weighted by atomic mass is 10.0. The molecule has 22 heavy (non-hydrogen) atoms. The highest BCUT2D eigenvalue weighted by atomic mass is 32.1. The molecule has 0 radical (unpaired) electrons. The smallest absolute Gasteiger partial charge is 0.255 e. The molecule has 1 unspecified atom stereocenters. The summed E-state index contributed by atoms with van der Waals surface area (Å²) in [6, 6.07) is 2.39. The molecule has 2 aromatic rings. The fraction of sp³-hybridized carbons (Fsp3) is 0.529. The zero-order valence-electron chi connectivity index (χ0n) is 13.5. The Labute approximate surface area is 135 Å². The SMILES string of the molecule is CCc1nccn1C1CCCN(C(=O)c2cc(C)sc2C)C1. The van der Waals surface area contributed by atoms with E-state index in [1.807, 2.05) is 24.1 Å². The number of hydrogen-bond donors (Lipinski definition) is 0. The van der Waals surface area contributed by atoms with Gasteiger partial charge in [-0.2, -0.15) is 0 Å². The van der Waals surface area contributed by atoms with E-state index in [4.69, 9.17) is 0 Å². The third-order valence-corrected chi connectivity index (χ3v) is 5.38. The third-order valence-electron chi connectivity index (χ3n) is 4.41. The van der Waals surface area contributed by atoms with Crippen molar-refractivity contribution in [2.75, 3.05) is 13.1 Å². The van der Waals surface area contributed by atoms with Gasteiger partial charge >= 0.3 is 0 Å². The fourth-order valence-electron chi connectivity index (χ4n) is 3.33. The number of carbonyl (C=O) groups is 1. The van der Waals surface area contributed by atoms with Crippen LogP contribution in [0.5, 0.6) is 0 Å². The van der Waals surface area contributed by atoms with Crippen LogP contribution in [0.4, 0.5) is 0 Å². The lowest BCUT2D eigenvalue weighted by Gasteiger charge is -2.34.